The van der Waals surface area contributed by atoms with E-state index < -0.39 is 11.9 Å². The van der Waals surface area contributed by atoms with Crippen LogP contribution in [-0.2, 0) is 32.0 Å². The number of hydrogen-bond donors (Lipinski definition) is 6. The second-order valence-electron chi connectivity index (χ2n) is 11.7. The fourth-order valence-electron chi connectivity index (χ4n) is 6.48. The molecule has 2 amide bonds. The second kappa shape index (κ2) is 13.0. The molecule has 44 heavy (non-hydrogen) atoms. The van der Waals surface area contributed by atoms with Crippen molar-refractivity contribution in [1.82, 2.24) is 20.6 Å². The minimum atomic E-state index is -0.903. The van der Waals surface area contributed by atoms with Crippen LogP contribution in [0, 0.1) is 13.8 Å². The van der Waals surface area contributed by atoms with Crippen molar-refractivity contribution >= 4 is 35.9 Å². The number of aromatic nitrogens is 2. The number of aromatic amines is 2. The number of carboxylic acids is 2. The van der Waals surface area contributed by atoms with Gasteiger partial charge in [-0.2, -0.15) is 0 Å². The molecule has 0 fully saturated rings. The molecule has 10 heteroatoms. The van der Waals surface area contributed by atoms with Gasteiger partial charge in [-0.15, -0.1) is 0 Å². The molecule has 2 aliphatic heterocycles. The van der Waals surface area contributed by atoms with Crippen LogP contribution in [0.3, 0.4) is 0 Å². The Labute approximate surface area is 257 Å². The number of carbonyl (C=O) groups excluding carboxylic acids is 2. The highest BCUT2D eigenvalue weighted by molar-refractivity contribution is 6.01. The van der Waals surface area contributed by atoms with E-state index in [0.29, 0.717) is 36.8 Å². The molecular formula is C34H42N4O6. The van der Waals surface area contributed by atoms with Gasteiger partial charge in [0, 0.05) is 58.2 Å². The van der Waals surface area contributed by atoms with E-state index in [1.54, 1.807) is 13.8 Å². The number of allylic oxidation sites excluding steroid dienone is 2. The van der Waals surface area contributed by atoms with Crippen LogP contribution >= 0.6 is 0 Å². The highest BCUT2D eigenvalue weighted by Gasteiger charge is 2.27. The summed E-state index contributed by atoms with van der Waals surface area (Å²) in [7, 11) is 0. The highest BCUT2D eigenvalue weighted by atomic mass is 16.4. The predicted octanol–water partition coefficient (Wildman–Crippen LogP) is 5.54. The maximum Gasteiger partial charge on any atom is 0.303 e. The summed E-state index contributed by atoms with van der Waals surface area (Å²) in [5.74, 6) is -2.36. The van der Waals surface area contributed by atoms with Crippen molar-refractivity contribution in [2.45, 2.75) is 92.9 Å². The van der Waals surface area contributed by atoms with Crippen molar-refractivity contribution in [3.63, 3.8) is 0 Å². The summed E-state index contributed by atoms with van der Waals surface area (Å²) in [4.78, 5) is 55.1. The Kier molecular flexibility index (Phi) is 9.51. The molecule has 2 aliphatic rings. The van der Waals surface area contributed by atoms with Crippen molar-refractivity contribution in [2.75, 3.05) is 0 Å². The van der Waals surface area contributed by atoms with E-state index in [1.165, 1.54) is 0 Å². The van der Waals surface area contributed by atoms with Crippen molar-refractivity contribution in [3.8, 4) is 0 Å². The minimum Gasteiger partial charge on any atom is -0.481 e. The molecule has 0 unspecified atom stereocenters. The molecule has 10 nitrogen and oxygen atoms in total. The van der Waals surface area contributed by atoms with Gasteiger partial charge in [0.05, 0.1) is 6.42 Å². The average Bonchev–Trinajstić information content (AvgIpc) is 3.59. The first-order valence-corrected chi connectivity index (χ1v) is 15.1. The van der Waals surface area contributed by atoms with Crippen LogP contribution < -0.4 is 10.6 Å². The van der Waals surface area contributed by atoms with Crippen molar-refractivity contribution in [3.05, 3.63) is 78.7 Å². The third kappa shape index (κ3) is 6.34. The number of carboxylic acid groups (broad SMARTS) is 2. The number of H-pyrrole nitrogens is 2. The number of rotatable bonds is 12. The van der Waals surface area contributed by atoms with Gasteiger partial charge < -0.3 is 30.8 Å². The Morgan fingerprint density at radius 2 is 1.27 bits per heavy atom. The van der Waals surface area contributed by atoms with E-state index in [-0.39, 0.29) is 30.6 Å². The molecule has 0 saturated carbocycles. The molecule has 0 aromatic carbocycles. The third-order valence-electron chi connectivity index (χ3n) is 8.86. The zero-order valence-corrected chi connectivity index (χ0v) is 26.5. The minimum absolute atomic E-state index is 0.0494. The molecule has 0 saturated heterocycles. The lowest BCUT2D eigenvalue weighted by molar-refractivity contribution is -0.138. The summed E-state index contributed by atoms with van der Waals surface area (Å²) >= 11 is 0. The van der Waals surface area contributed by atoms with E-state index >= 15 is 0 Å². The largest absolute Gasteiger partial charge is 0.481 e. The van der Waals surface area contributed by atoms with Gasteiger partial charge in [-0.1, -0.05) is 20.8 Å². The van der Waals surface area contributed by atoms with Crippen LogP contribution in [0.4, 0.5) is 0 Å². The number of nitrogens with one attached hydrogen (secondary N) is 4. The van der Waals surface area contributed by atoms with Crippen LogP contribution in [-0.4, -0.2) is 43.9 Å². The molecule has 0 spiro atoms. The zero-order valence-electron chi connectivity index (χ0n) is 26.5. The first-order valence-electron chi connectivity index (χ1n) is 15.1. The molecule has 2 aromatic heterocycles. The molecule has 1 atom stereocenters. The van der Waals surface area contributed by atoms with Gasteiger partial charge >= 0.3 is 11.9 Å². The molecule has 4 heterocycles. The van der Waals surface area contributed by atoms with Gasteiger partial charge in [-0.3, -0.25) is 19.2 Å². The van der Waals surface area contributed by atoms with Crippen molar-refractivity contribution in [1.29, 1.82) is 0 Å². The molecule has 6 N–H and O–H groups in total. The Bertz CT molecular complexity index is 1680. The smallest absolute Gasteiger partial charge is 0.303 e. The maximum absolute atomic E-state index is 12.4. The van der Waals surface area contributed by atoms with Crippen LogP contribution in [0.15, 0.2) is 33.7 Å². The first kappa shape index (κ1) is 32.3. The Morgan fingerprint density at radius 1 is 0.773 bits per heavy atom. The van der Waals surface area contributed by atoms with E-state index in [9.17, 15) is 29.4 Å². The standard InChI is InChI=1S/C34H42N4O6/c1-8-21-18(5)33(43)37-26(21)13-24-17(4)23(10-11-30(39)40)28(35-24)15-29-32(16(3)12-31(41)42)20(7)25(36-29)14-27-22(9-2)19(6)34(44)38-27/h13-14,16,35-36H,8-12,15H2,1-7H3,(H,37,43)(H,38,44)(H,39,40)(H,41,42)/b26-13-,27-14-/t16-/m1/s1. The van der Waals surface area contributed by atoms with Crippen molar-refractivity contribution < 1.29 is 29.4 Å². The van der Waals surface area contributed by atoms with Crippen LogP contribution in [0.25, 0.3) is 12.2 Å². The Hall–Kier alpha value is -4.60. The number of aliphatic carboxylic acids is 2. The summed E-state index contributed by atoms with van der Waals surface area (Å²) in [5.41, 5.74) is 11.5. The van der Waals surface area contributed by atoms with Gasteiger partial charge in [-0.25, -0.2) is 0 Å². The third-order valence-corrected chi connectivity index (χ3v) is 8.86. The quantitative estimate of drug-likeness (QED) is 0.187. The summed E-state index contributed by atoms with van der Waals surface area (Å²) in [5, 5.41) is 25.0. The zero-order chi connectivity index (χ0) is 32.5. The lowest BCUT2D eigenvalue weighted by Gasteiger charge is -2.13. The van der Waals surface area contributed by atoms with E-state index in [4.69, 9.17) is 0 Å². The fourth-order valence-corrected chi connectivity index (χ4v) is 6.48. The summed E-state index contributed by atoms with van der Waals surface area (Å²) in [6.07, 6.45) is 5.78. The molecule has 0 aliphatic carbocycles. The van der Waals surface area contributed by atoms with Gasteiger partial charge in [0.25, 0.3) is 11.8 Å². The van der Waals surface area contributed by atoms with Crippen LogP contribution in [0.2, 0.25) is 0 Å². The molecule has 0 bridgehead atoms. The normalized spacial score (nSPS) is 17.7. The summed E-state index contributed by atoms with van der Waals surface area (Å²) in [6, 6.07) is 0. The summed E-state index contributed by atoms with van der Waals surface area (Å²) in [6.45, 7) is 13.4. The van der Waals surface area contributed by atoms with E-state index in [2.05, 4.69) is 20.6 Å². The lowest BCUT2D eigenvalue weighted by atomic mass is 9.91. The maximum atomic E-state index is 12.4. The fraction of sp³-hybridized carbons (Fsp3) is 0.412. The van der Waals surface area contributed by atoms with Gasteiger partial charge in [0.1, 0.15) is 0 Å². The summed E-state index contributed by atoms with van der Waals surface area (Å²) < 4.78 is 0. The monoisotopic (exact) mass is 602 g/mol. The van der Waals surface area contributed by atoms with Crippen LogP contribution in [0.5, 0.6) is 0 Å². The average molecular weight is 603 g/mol. The predicted molar refractivity (Wildman–Crippen MR) is 169 cm³/mol. The van der Waals surface area contributed by atoms with Gasteiger partial charge in [0.15, 0.2) is 0 Å². The molecular weight excluding hydrogens is 560 g/mol. The molecule has 2 aromatic rings. The highest BCUT2D eigenvalue weighted by Crippen LogP contribution is 2.35. The number of amides is 2. The Balaban J connectivity index is 1.84. The number of carbonyl (C=O) groups is 4. The van der Waals surface area contributed by atoms with Crippen molar-refractivity contribution in [2.24, 2.45) is 0 Å². The SMILES string of the molecule is CCC1=C(C)C(=O)N/C1=C\c1[nH]c(Cc2[nH]c(/C=C3\NC(=O)C(C)=C3CC)c(C)c2[C@H](C)CC(=O)O)c(CCC(=O)O)c1C. The topological polar surface area (TPSA) is 164 Å². The van der Waals surface area contributed by atoms with Gasteiger partial charge in [0.2, 0.25) is 0 Å². The van der Waals surface area contributed by atoms with Gasteiger partial charge in [-0.05, 0) is 98.4 Å². The number of hydrogen-bond acceptors (Lipinski definition) is 4. The lowest BCUT2D eigenvalue weighted by Crippen LogP contribution is -2.15. The molecule has 4 rings (SSSR count). The molecule has 234 valence electrons. The second-order valence-corrected chi connectivity index (χ2v) is 11.7. The van der Waals surface area contributed by atoms with E-state index in [1.807, 2.05) is 46.8 Å². The van der Waals surface area contributed by atoms with Crippen LogP contribution in [0.1, 0.15) is 111 Å². The molecule has 0 radical (unpaired) electrons. The van der Waals surface area contributed by atoms with E-state index in [0.717, 1.165) is 67.6 Å². The Morgan fingerprint density at radius 3 is 1.75 bits per heavy atom. The first-order chi connectivity index (χ1) is 20.8.